The molecular formula is C17H21NO4. The summed E-state index contributed by atoms with van der Waals surface area (Å²) in [5, 5.41) is 0.905. The lowest BCUT2D eigenvalue weighted by Crippen LogP contribution is -2.33. The number of nitrogens with zero attached hydrogens (tertiary/aromatic N) is 1. The zero-order chi connectivity index (χ0) is 15.9. The maximum atomic E-state index is 6.06. The van der Waals surface area contributed by atoms with Crippen molar-refractivity contribution < 1.29 is 18.9 Å². The van der Waals surface area contributed by atoms with Gasteiger partial charge in [-0.15, -0.1) is 0 Å². The molecular weight excluding hydrogens is 282 g/mol. The molecule has 2 aromatic rings. The number of hydrogen-bond donors (Lipinski definition) is 0. The van der Waals surface area contributed by atoms with Crippen LogP contribution in [-0.4, -0.2) is 31.9 Å². The van der Waals surface area contributed by atoms with Crippen LogP contribution in [0.25, 0.3) is 10.9 Å². The molecule has 1 aromatic heterocycles. The summed E-state index contributed by atoms with van der Waals surface area (Å²) in [6, 6.07) is 3.81. The van der Waals surface area contributed by atoms with Crippen LogP contribution in [0.5, 0.6) is 23.1 Å². The molecule has 0 radical (unpaired) electrons. The Morgan fingerprint density at radius 2 is 1.77 bits per heavy atom. The van der Waals surface area contributed by atoms with Gasteiger partial charge in [0, 0.05) is 5.39 Å². The third-order valence-electron chi connectivity index (χ3n) is 4.06. The lowest BCUT2D eigenvalue weighted by atomic mass is 9.94. The van der Waals surface area contributed by atoms with E-state index in [4.69, 9.17) is 23.9 Å². The van der Waals surface area contributed by atoms with Crippen LogP contribution < -0.4 is 18.9 Å². The second-order valence-corrected chi connectivity index (χ2v) is 5.99. The summed E-state index contributed by atoms with van der Waals surface area (Å²) in [6.07, 6.45) is 1.81. The van der Waals surface area contributed by atoms with Crippen LogP contribution in [0.1, 0.15) is 25.8 Å². The van der Waals surface area contributed by atoms with E-state index in [2.05, 4.69) is 13.8 Å². The van der Waals surface area contributed by atoms with Crippen LogP contribution in [0.3, 0.4) is 0 Å². The van der Waals surface area contributed by atoms with E-state index in [0.29, 0.717) is 22.9 Å². The van der Waals surface area contributed by atoms with Crippen LogP contribution in [0.4, 0.5) is 0 Å². The molecule has 0 N–H and O–H groups in total. The number of rotatable bonds is 3. The molecule has 0 spiro atoms. The maximum Gasteiger partial charge on any atom is 0.221 e. The summed E-state index contributed by atoms with van der Waals surface area (Å²) in [7, 11) is 4.89. The lowest BCUT2D eigenvalue weighted by molar-refractivity contribution is 0.0778. The Hall–Kier alpha value is -2.17. The fourth-order valence-corrected chi connectivity index (χ4v) is 2.91. The Bertz CT molecular complexity index is 724. The predicted molar refractivity (Wildman–Crippen MR) is 84.4 cm³/mol. The van der Waals surface area contributed by atoms with E-state index in [1.165, 1.54) is 0 Å². The Morgan fingerprint density at radius 1 is 1.05 bits per heavy atom. The second kappa shape index (κ2) is 5.23. The minimum absolute atomic E-state index is 0.231. The van der Waals surface area contributed by atoms with Gasteiger partial charge >= 0.3 is 0 Å². The third kappa shape index (κ3) is 2.21. The van der Waals surface area contributed by atoms with Crippen molar-refractivity contribution in [3.8, 4) is 23.1 Å². The molecule has 0 saturated carbocycles. The van der Waals surface area contributed by atoms with Crippen molar-refractivity contribution in [2.24, 2.45) is 0 Å². The van der Waals surface area contributed by atoms with Crippen molar-refractivity contribution in [3.63, 3.8) is 0 Å². The van der Waals surface area contributed by atoms with Gasteiger partial charge in [-0.25, -0.2) is 4.98 Å². The molecule has 0 aliphatic carbocycles. The van der Waals surface area contributed by atoms with E-state index in [1.807, 2.05) is 12.1 Å². The minimum Gasteiger partial charge on any atom is -0.496 e. The van der Waals surface area contributed by atoms with Crippen molar-refractivity contribution in [1.29, 1.82) is 0 Å². The van der Waals surface area contributed by atoms with Crippen LogP contribution >= 0.6 is 0 Å². The van der Waals surface area contributed by atoms with Gasteiger partial charge in [0.25, 0.3) is 0 Å². The number of ether oxygens (including phenoxy) is 4. The normalized spacial score (nSPS) is 15.9. The van der Waals surface area contributed by atoms with E-state index < -0.39 is 0 Å². The van der Waals surface area contributed by atoms with E-state index in [9.17, 15) is 0 Å². The molecule has 3 rings (SSSR count). The largest absolute Gasteiger partial charge is 0.496 e. The van der Waals surface area contributed by atoms with Gasteiger partial charge < -0.3 is 18.9 Å². The fourth-order valence-electron chi connectivity index (χ4n) is 2.91. The maximum absolute atomic E-state index is 6.06. The van der Waals surface area contributed by atoms with Crippen LogP contribution in [0, 0.1) is 0 Å². The number of aromatic nitrogens is 1. The Morgan fingerprint density at radius 3 is 2.41 bits per heavy atom. The Labute approximate surface area is 130 Å². The van der Waals surface area contributed by atoms with Gasteiger partial charge in [-0.3, -0.25) is 0 Å². The molecule has 5 nitrogen and oxygen atoms in total. The van der Waals surface area contributed by atoms with Gasteiger partial charge in [-0.1, -0.05) is 0 Å². The first-order valence-electron chi connectivity index (χ1n) is 7.31. The molecule has 0 fully saturated rings. The molecule has 2 heterocycles. The first kappa shape index (κ1) is 14.8. The van der Waals surface area contributed by atoms with Gasteiger partial charge in [-0.2, -0.15) is 0 Å². The zero-order valence-corrected chi connectivity index (χ0v) is 13.6. The first-order valence-corrected chi connectivity index (χ1v) is 7.31. The van der Waals surface area contributed by atoms with Gasteiger partial charge in [0.05, 0.1) is 26.9 Å². The molecule has 1 aliphatic heterocycles. The second-order valence-electron chi connectivity index (χ2n) is 5.99. The summed E-state index contributed by atoms with van der Waals surface area (Å²) in [5.74, 6) is 2.65. The minimum atomic E-state index is -0.231. The molecule has 1 aliphatic rings. The topological polar surface area (TPSA) is 49.8 Å². The predicted octanol–water partition coefficient (Wildman–Crippen LogP) is 3.36. The van der Waals surface area contributed by atoms with Crippen LogP contribution in [0.2, 0.25) is 0 Å². The van der Waals surface area contributed by atoms with E-state index >= 15 is 0 Å². The number of hydrogen-bond acceptors (Lipinski definition) is 5. The average Bonchev–Trinajstić information content (AvgIpc) is 2.50. The smallest absolute Gasteiger partial charge is 0.221 e. The highest BCUT2D eigenvalue weighted by atomic mass is 16.5. The molecule has 0 atom stereocenters. The summed E-state index contributed by atoms with van der Waals surface area (Å²) in [6.45, 7) is 4.13. The number of benzene rings is 1. The Balaban J connectivity index is 2.33. The molecule has 0 saturated heterocycles. The SMILES string of the molecule is COc1ccc2c(OC)c3c(nc2c1OC)OC(C)(C)CC3. The van der Waals surface area contributed by atoms with Gasteiger partial charge in [-0.05, 0) is 38.8 Å². The molecule has 1 aromatic carbocycles. The molecule has 22 heavy (non-hydrogen) atoms. The lowest BCUT2D eigenvalue weighted by Gasteiger charge is -2.32. The van der Waals surface area contributed by atoms with E-state index in [-0.39, 0.29) is 5.60 Å². The molecule has 0 unspecified atom stereocenters. The highest BCUT2D eigenvalue weighted by molar-refractivity contribution is 5.93. The molecule has 5 heteroatoms. The van der Waals surface area contributed by atoms with Crippen molar-refractivity contribution in [2.45, 2.75) is 32.3 Å². The summed E-state index contributed by atoms with van der Waals surface area (Å²) in [5.41, 5.74) is 1.47. The van der Waals surface area contributed by atoms with Crippen molar-refractivity contribution >= 4 is 10.9 Å². The van der Waals surface area contributed by atoms with Gasteiger partial charge in [0.1, 0.15) is 16.9 Å². The molecule has 118 valence electrons. The summed E-state index contributed by atoms with van der Waals surface area (Å²) < 4.78 is 22.6. The first-order chi connectivity index (χ1) is 10.5. The van der Waals surface area contributed by atoms with Gasteiger partial charge in [0.15, 0.2) is 11.5 Å². The average molecular weight is 303 g/mol. The molecule has 0 amide bonds. The van der Waals surface area contributed by atoms with Crippen molar-refractivity contribution in [3.05, 3.63) is 17.7 Å². The number of methoxy groups -OCH3 is 3. The standard InChI is InChI=1S/C17H21NO4/c1-17(2)9-8-11-14(20-4)10-6-7-12(19-3)15(21-5)13(10)18-16(11)22-17/h6-7H,8-9H2,1-5H3. The van der Waals surface area contributed by atoms with Crippen molar-refractivity contribution in [2.75, 3.05) is 21.3 Å². The van der Waals surface area contributed by atoms with Gasteiger partial charge in [0.2, 0.25) is 5.88 Å². The molecule has 0 bridgehead atoms. The van der Waals surface area contributed by atoms with Crippen molar-refractivity contribution in [1.82, 2.24) is 4.98 Å². The zero-order valence-electron chi connectivity index (χ0n) is 13.6. The number of pyridine rings is 1. The Kier molecular flexibility index (Phi) is 3.51. The summed E-state index contributed by atoms with van der Waals surface area (Å²) >= 11 is 0. The monoisotopic (exact) mass is 303 g/mol. The van der Waals surface area contributed by atoms with E-state index in [1.54, 1.807) is 21.3 Å². The summed E-state index contributed by atoms with van der Waals surface area (Å²) in [4.78, 5) is 4.69. The number of fused-ring (bicyclic) bond motifs is 2. The quantitative estimate of drug-likeness (QED) is 0.870. The van der Waals surface area contributed by atoms with Crippen LogP contribution in [0.15, 0.2) is 12.1 Å². The van der Waals surface area contributed by atoms with E-state index in [0.717, 1.165) is 29.5 Å². The third-order valence-corrected chi connectivity index (χ3v) is 4.06. The fraction of sp³-hybridized carbons (Fsp3) is 0.471. The van der Waals surface area contributed by atoms with Crippen LogP contribution in [-0.2, 0) is 6.42 Å². The highest BCUT2D eigenvalue weighted by Gasteiger charge is 2.31. The highest BCUT2D eigenvalue weighted by Crippen LogP contribution is 2.45.